The Hall–Kier alpha value is -1.30. The third kappa shape index (κ3) is 4.60. The van der Waals surface area contributed by atoms with Gasteiger partial charge in [0, 0.05) is 0 Å². The molecule has 0 aromatic heterocycles. The Bertz CT molecular complexity index is 413. The molecule has 1 amide bonds. The number of hydrogen-bond donors (Lipinski definition) is 0. The van der Waals surface area contributed by atoms with E-state index in [0.717, 1.165) is 6.42 Å². The lowest BCUT2D eigenvalue weighted by atomic mass is 9.92. The van der Waals surface area contributed by atoms with Crippen LogP contribution in [-0.4, -0.2) is 48.0 Å². The second kappa shape index (κ2) is 6.86. The van der Waals surface area contributed by atoms with Crippen LogP contribution in [0.3, 0.4) is 0 Å². The number of amides is 1. The van der Waals surface area contributed by atoms with Crippen molar-refractivity contribution in [3.05, 3.63) is 0 Å². The second-order valence-corrected chi connectivity index (χ2v) is 7.12. The van der Waals surface area contributed by atoms with Gasteiger partial charge in [-0.05, 0) is 40.5 Å². The van der Waals surface area contributed by atoms with Crippen LogP contribution in [0.4, 0.5) is 4.79 Å². The normalized spacial score (nSPS) is 22.3. The Morgan fingerprint density at radius 2 is 1.95 bits per heavy atom. The highest BCUT2D eigenvalue weighted by atomic mass is 16.6. The van der Waals surface area contributed by atoms with E-state index in [-0.39, 0.29) is 24.3 Å². The number of carbonyl (C=O) groups excluding carboxylic acids is 2. The average molecular weight is 315 g/mol. The molecule has 2 atom stereocenters. The van der Waals surface area contributed by atoms with Crippen molar-refractivity contribution < 1.29 is 23.8 Å². The van der Waals surface area contributed by atoms with Gasteiger partial charge in [0.05, 0.1) is 26.2 Å². The summed E-state index contributed by atoms with van der Waals surface area (Å²) in [6, 6.07) is -0.200. The van der Waals surface area contributed by atoms with Gasteiger partial charge in [0.25, 0.3) is 0 Å². The summed E-state index contributed by atoms with van der Waals surface area (Å²) in [5.41, 5.74) is -1.33. The molecule has 0 radical (unpaired) electrons. The van der Waals surface area contributed by atoms with Crippen LogP contribution in [0.25, 0.3) is 0 Å². The molecule has 0 aromatic rings. The molecule has 0 spiro atoms. The number of rotatable bonds is 4. The third-order valence-electron chi connectivity index (χ3n) is 3.83. The summed E-state index contributed by atoms with van der Waals surface area (Å²) in [5, 5.41) is 0. The number of methoxy groups -OCH3 is 1. The number of esters is 1. The van der Waals surface area contributed by atoms with Gasteiger partial charge in [-0.3, -0.25) is 9.69 Å². The predicted molar refractivity (Wildman–Crippen MR) is 82.3 cm³/mol. The fraction of sp³-hybridized carbons (Fsp3) is 0.875. The van der Waals surface area contributed by atoms with Crippen LogP contribution in [0.5, 0.6) is 0 Å². The quantitative estimate of drug-likeness (QED) is 0.746. The minimum atomic E-state index is -0.753. The molecule has 0 bridgehead atoms. The Morgan fingerprint density at radius 1 is 1.36 bits per heavy atom. The fourth-order valence-electron chi connectivity index (χ4n) is 2.70. The van der Waals surface area contributed by atoms with Crippen LogP contribution in [0, 0.1) is 5.92 Å². The SMILES string of the molecule is CC[C@@H](CC(=O)OC)[C@@H]1COC(C)(C)N1C(=O)OC(C)(C)C. The third-order valence-corrected chi connectivity index (χ3v) is 3.83. The van der Waals surface area contributed by atoms with Gasteiger partial charge in [-0.2, -0.15) is 0 Å². The van der Waals surface area contributed by atoms with Crippen LogP contribution in [0.2, 0.25) is 0 Å². The van der Waals surface area contributed by atoms with Gasteiger partial charge >= 0.3 is 12.1 Å². The summed E-state index contributed by atoms with van der Waals surface area (Å²) in [6.45, 7) is 11.5. The van der Waals surface area contributed by atoms with E-state index in [9.17, 15) is 9.59 Å². The number of ether oxygens (including phenoxy) is 3. The highest BCUT2D eigenvalue weighted by Crippen LogP contribution is 2.35. The molecule has 1 fully saturated rings. The van der Waals surface area contributed by atoms with Crippen molar-refractivity contribution in [3.63, 3.8) is 0 Å². The number of nitrogens with zero attached hydrogens (tertiary/aromatic N) is 1. The Kier molecular flexibility index (Phi) is 5.84. The number of carbonyl (C=O) groups is 2. The van der Waals surface area contributed by atoms with E-state index < -0.39 is 17.4 Å². The van der Waals surface area contributed by atoms with E-state index >= 15 is 0 Å². The van der Waals surface area contributed by atoms with Crippen molar-refractivity contribution in [3.8, 4) is 0 Å². The molecule has 1 heterocycles. The molecule has 0 N–H and O–H groups in total. The van der Waals surface area contributed by atoms with Crippen molar-refractivity contribution in [2.75, 3.05) is 13.7 Å². The van der Waals surface area contributed by atoms with E-state index in [4.69, 9.17) is 14.2 Å². The highest BCUT2D eigenvalue weighted by Gasteiger charge is 2.48. The maximum absolute atomic E-state index is 12.6. The molecule has 6 heteroatoms. The van der Waals surface area contributed by atoms with Crippen LogP contribution < -0.4 is 0 Å². The molecule has 1 aliphatic rings. The van der Waals surface area contributed by atoms with Gasteiger partial charge < -0.3 is 14.2 Å². The summed E-state index contributed by atoms with van der Waals surface area (Å²) in [7, 11) is 1.37. The topological polar surface area (TPSA) is 65.1 Å². The van der Waals surface area contributed by atoms with Crippen molar-refractivity contribution in [1.29, 1.82) is 0 Å². The summed E-state index contributed by atoms with van der Waals surface area (Å²) >= 11 is 0. The van der Waals surface area contributed by atoms with Crippen molar-refractivity contribution in [2.45, 2.75) is 71.8 Å². The minimum Gasteiger partial charge on any atom is -0.469 e. The maximum atomic E-state index is 12.6. The van der Waals surface area contributed by atoms with Crippen LogP contribution in [-0.2, 0) is 19.0 Å². The van der Waals surface area contributed by atoms with Crippen molar-refractivity contribution in [1.82, 2.24) is 4.90 Å². The first-order valence-electron chi connectivity index (χ1n) is 7.75. The van der Waals surface area contributed by atoms with Gasteiger partial charge in [0.1, 0.15) is 11.3 Å². The molecule has 128 valence electrons. The highest BCUT2D eigenvalue weighted by molar-refractivity contribution is 5.71. The van der Waals surface area contributed by atoms with Gasteiger partial charge in [0.2, 0.25) is 0 Å². The molecule has 6 nitrogen and oxygen atoms in total. The average Bonchev–Trinajstić information content (AvgIpc) is 2.69. The lowest BCUT2D eigenvalue weighted by molar-refractivity contribution is -0.142. The van der Waals surface area contributed by atoms with Gasteiger partial charge in [-0.15, -0.1) is 0 Å². The van der Waals surface area contributed by atoms with Gasteiger partial charge in [-0.25, -0.2) is 4.79 Å². The summed E-state index contributed by atoms with van der Waals surface area (Å²) in [5.74, 6) is -0.303. The molecule has 22 heavy (non-hydrogen) atoms. The van der Waals surface area contributed by atoms with Crippen LogP contribution >= 0.6 is 0 Å². The number of hydrogen-bond acceptors (Lipinski definition) is 5. The van der Waals surface area contributed by atoms with E-state index in [2.05, 4.69) is 0 Å². The summed E-state index contributed by atoms with van der Waals surface area (Å²) < 4.78 is 16.0. The first kappa shape index (κ1) is 18.7. The van der Waals surface area contributed by atoms with Crippen molar-refractivity contribution >= 4 is 12.1 Å². The monoisotopic (exact) mass is 315 g/mol. The Balaban J connectivity index is 2.96. The summed E-state index contributed by atoms with van der Waals surface area (Å²) in [4.78, 5) is 25.8. The fourth-order valence-corrected chi connectivity index (χ4v) is 2.70. The molecular weight excluding hydrogens is 286 g/mol. The largest absolute Gasteiger partial charge is 0.469 e. The van der Waals surface area contributed by atoms with E-state index in [1.165, 1.54) is 7.11 Å². The smallest absolute Gasteiger partial charge is 0.412 e. The molecule has 1 rings (SSSR count). The molecule has 0 aliphatic carbocycles. The summed E-state index contributed by atoms with van der Waals surface area (Å²) in [6.07, 6.45) is 0.595. The standard InChI is InChI=1S/C16H29NO5/c1-8-11(9-13(18)20-7)12-10-21-16(5,6)17(12)14(19)22-15(2,3)4/h11-12H,8-10H2,1-7H3/t11-,12-/m0/s1. The Morgan fingerprint density at radius 3 is 2.41 bits per heavy atom. The van der Waals surface area contributed by atoms with Crippen LogP contribution in [0.15, 0.2) is 0 Å². The zero-order valence-corrected chi connectivity index (χ0v) is 14.8. The first-order valence-corrected chi connectivity index (χ1v) is 7.75. The molecule has 0 unspecified atom stereocenters. The first-order chi connectivity index (χ1) is 10.0. The lowest BCUT2D eigenvalue weighted by Crippen LogP contribution is -2.52. The molecule has 0 aromatic carbocycles. The zero-order chi connectivity index (χ0) is 17.1. The molecule has 1 saturated heterocycles. The molecular formula is C16H29NO5. The lowest BCUT2D eigenvalue weighted by Gasteiger charge is -2.37. The molecule has 0 saturated carbocycles. The van der Waals surface area contributed by atoms with E-state index in [1.54, 1.807) is 4.90 Å². The maximum Gasteiger partial charge on any atom is 0.412 e. The predicted octanol–water partition coefficient (Wildman–Crippen LogP) is 2.95. The van der Waals surface area contributed by atoms with E-state index in [1.807, 2.05) is 41.5 Å². The minimum absolute atomic E-state index is 0.0262. The van der Waals surface area contributed by atoms with Crippen molar-refractivity contribution in [2.24, 2.45) is 5.92 Å². The van der Waals surface area contributed by atoms with Gasteiger partial charge in [-0.1, -0.05) is 13.3 Å². The van der Waals surface area contributed by atoms with Crippen LogP contribution in [0.1, 0.15) is 54.4 Å². The zero-order valence-electron chi connectivity index (χ0n) is 14.8. The molecule has 1 aliphatic heterocycles. The van der Waals surface area contributed by atoms with Gasteiger partial charge in [0.15, 0.2) is 0 Å². The Labute approximate surface area is 133 Å². The van der Waals surface area contributed by atoms with E-state index in [0.29, 0.717) is 6.61 Å². The second-order valence-electron chi connectivity index (χ2n) is 7.12.